The van der Waals surface area contributed by atoms with E-state index in [-0.39, 0.29) is 6.04 Å². The van der Waals surface area contributed by atoms with Gasteiger partial charge in [0.25, 0.3) is 0 Å². The standard InChI is InChI=1S/C9H12N2O2/c1-12-8-3-5(10)2-6-7(11)4-13-9(6)8/h2-3,7H,4,10-11H2,1H3/t7-/m0/s1. The summed E-state index contributed by atoms with van der Waals surface area (Å²) in [4.78, 5) is 0. The molecule has 70 valence electrons. The SMILES string of the molecule is COc1cc(N)cc2c1OC[C@@H]2N. The van der Waals surface area contributed by atoms with Crippen molar-refractivity contribution in [2.45, 2.75) is 6.04 Å². The van der Waals surface area contributed by atoms with Crippen molar-refractivity contribution in [3.05, 3.63) is 17.7 Å². The third-order valence-corrected chi connectivity index (χ3v) is 2.13. The normalized spacial score (nSPS) is 19.4. The van der Waals surface area contributed by atoms with Crippen LogP contribution in [0.15, 0.2) is 12.1 Å². The fourth-order valence-electron chi connectivity index (χ4n) is 1.49. The van der Waals surface area contributed by atoms with E-state index in [1.54, 1.807) is 13.2 Å². The van der Waals surface area contributed by atoms with Gasteiger partial charge >= 0.3 is 0 Å². The van der Waals surface area contributed by atoms with Gasteiger partial charge in [-0.3, -0.25) is 0 Å². The van der Waals surface area contributed by atoms with Crippen molar-refractivity contribution >= 4 is 5.69 Å². The first-order chi connectivity index (χ1) is 6.22. The molecule has 1 atom stereocenters. The predicted molar refractivity (Wildman–Crippen MR) is 49.8 cm³/mol. The van der Waals surface area contributed by atoms with E-state index in [1.807, 2.05) is 6.07 Å². The summed E-state index contributed by atoms with van der Waals surface area (Å²) in [5, 5.41) is 0. The minimum Gasteiger partial charge on any atom is -0.493 e. The molecule has 0 saturated heterocycles. The molecule has 0 radical (unpaired) electrons. The smallest absolute Gasteiger partial charge is 0.166 e. The molecular weight excluding hydrogens is 168 g/mol. The predicted octanol–water partition coefficient (Wildman–Crippen LogP) is 0.670. The number of anilines is 1. The highest BCUT2D eigenvalue weighted by Crippen LogP contribution is 2.40. The van der Waals surface area contributed by atoms with Crippen LogP contribution in [-0.4, -0.2) is 13.7 Å². The molecule has 1 aliphatic rings. The van der Waals surface area contributed by atoms with Crippen molar-refractivity contribution in [3.8, 4) is 11.5 Å². The molecular formula is C9H12N2O2. The maximum absolute atomic E-state index is 5.80. The molecule has 0 spiro atoms. The number of hydrogen-bond donors (Lipinski definition) is 2. The van der Waals surface area contributed by atoms with Crippen molar-refractivity contribution in [2.75, 3.05) is 19.5 Å². The molecule has 4 N–H and O–H groups in total. The molecule has 4 heteroatoms. The second kappa shape index (κ2) is 2.81. The average Bonchev–Trinajstić information content (AvgIpc) is 2.47. The number of nitrogen functional groups attached to an aromatic ring is 1. The van der Waals surface area contributed by atoms with Gasteiger partial charge in [-0.15, -0.1) is 0 Å². The molecule has 0 amide bonds. The molecule has 0 bridgehead atoms. The van der Waals surface area contributed by atoms with E-state index in [4.69, 9.17) is 20.9 Å². The summed E-state index contributed by atoms with van der Waals surface area (Å²) < 4.78 is 10.5. The van der Waals surface area contributed by atoms with Gasteiger partial charge in [0.05, 0.1) is 13.2 Å². The minimum atomic E-state index is -0.0904. The Labute approximate surface area is 76.4 Å². The Hall–Kier alpha value is -1.42. The maximum Gasteiger partial charge on any atom is 0.166 e. The van der Waals surface area contributed by atoms with Gasteiger partial charge in [-0.2, -0.15) is 0 Å². The molecule has 0 unspecified atom stereocenters. The number of nitrogens with two attached hydrogens (primary N) is 2. The lowest BCUT2D eigenvalue weighted by molar-refractivity contribution is 0.311. The summed E-state index contributed by atoms with van der Waals surface area (Å²) in [6.07, 6.45) is 0. The zero-order valence-corrected chi connectivity index (χ0v) is 7.41. The summed E-state index contributed by atoms with van der Waals surface area (Å²) in [5.41, 5.74) is 13.1. The molecule has 0 fully saturated rings. The number of fused-ring (bicyclic) bond motifs is 1. The fraction of sp³-hybridized carbons (Fsp3) is 0.333. The van der Waals surface area contributed by atoms with Crippen molar-refractivity contribution < 1.29 is 9.47 Å². The van der Waals surface area contributed by atoms with E-state index in [0.29, 0.717) is 18.0 Å². The lowest BCUT2D eigenvalue weighted by atomic mass is 10.1. The summed E-state index contributed by atoms with van der Waals surface area (Å²) in [6, 6.07) is 3.47. The first-order valence-corrected chi connectivity index (χ1v) is 4.08. The molecule has 13 heavy (non-hydrogen) atoms. The topological polar surface area (TPSA) is 70.5 Å². The van der Waals surface area contributed by atoms with Crippen LogP contribution in [0.4, 0.5) is 5.69 Å². The monoisotopic (exact) mass is 180 g/mol. The first-order valence-electron chi connectivity index (χ1n) is 4.08. The summed E-state index contributed by atoms with van der Waals surface area (Å²) in [7, 11) is 1.59. The Morgan fingerprint density at radius 2 is 2.31 bits per heavy atom. The highest BCUT2D eigenvalue weighted by Gasteiger charge is 2.24. The molecule has 1 heterocycles. The minimum absolute atomic E-state index is 0.0904. The van der Waals surface area contributed by atoms with Gasteiger partial charge in [0.15, 0.2) is 11.5 Å². The van der Waals surface area contributed by atoms with Crippen LogP contribution in [0.2, 0.25) is 0 Å². The van der Waals surface area contributed by atoms with Crippen LogP contribution in [0.5, 0.6) is 11.5 Å². The van der Waals surface area contributed by atoms with Crippen LogP contribution < -0.4 is 20.9 Å². The van der Waals surface area contributed by atoms with Crippen LogP contribution in [0, 0.1) is 0 Å². The van der Waals surface area contributed by atoms with Crippen LogP contribution in [0.3, 0.4) is 0 Å². The van der Waals surface area contributed by atoms with Crippen LogP contribution in [0.1, 0.15) is 11.6 Å². The van der Waals surface area contributed by atoms with Crippen molar-refractivity contribution in [1.82, 2.24) is 0 Å². The first kappa shape index (κ1) is 8.19. The summed E-state index contributed by atoms with van der Waals surface area (Å²) in [6.45, 7) is 0.495. The van der Waals surface area contributed by atoms with E-state index in [9.17, 15) is 0 Å². The summed E-state index contributed by atoms with van der Waals surface area (Å²) >= 11 is 0. The zero-order valence-electron chi connectivity index (χ0n) is 7.41. The Morgan fingerprint density at radius 3 is 3.00 bits per heavy atom. The highest BCUT2D eigenvalue weighted by atomic mass is 16.5. The molecule has 1 aliphatic heterocycles. The Balaban J connectivity index is 2.56. The average molecular weight is 180 g/mol. The number of benzene rings is 1. The number of rotatable bonds is 1. The van der Waals surface area contributed by atoms with Crippen molar-refractivity contribution in [1.29, 1.82) is 0 Å². The molecule has 0 aromatic heterocycles. The van der Waals surface area contributed by atoms with Crippen LogP contribution >= 0.6 is 0 Å². The number of hydrogen-bond acceptors (Lipinski definition) is 4. The molecule has 1 aromatic rings. The quantitative estimate of drug-likeness (QED) is 0.623. The van der Waals surface area contributed by atoms with Crippen molar-refractivity contribution in [3.63, 3.8) is 0 Å². The Bertz CT molecular complexity index is 339. The van der Waals surface area contributed by atoms with Gasteiger partial charge in [0, 0.05) is 17.3 Å². The molecule has 0 saturated carbocycles. The summed E-state index contributed by atoms with van der Waals surface area (Å²) in [5.74, 6) is 1.38. The molecule has 4 nitrogen and oxygen atoms in total. The second-order valence-corrected chi connectivity index (χ2v) is 3.06. The maximum atomic E-state index is 5.80. The third kappa shape index (κ3) is 1.19. The second-order valence-electron chi connectivity index (χ2n) is 3.06. The third-order valence-electron chi connectivity index (χ3n) is 2.13. The van der Waals surface area contributed by atoms with E-state index >= 15 is 0 Å². The molecule has 1 aromatic carbocycles. The van der Waals surface area contributed by atoms with Gasteiger partial charge in [-0.25, -0.2) is 0 Å². The number of methoxy groups -OCH3 is 1. The van der Waals surface area contributed by atoms with Gasteiger partial charge in [-0.05, 0) is 6.07 Å². The largest absolute Gasteiger partial charge is 0.493 e. The lowest BCUT2D eigenvalue weighted by Gasteiger charge is -2.07. The van der Waals surface area contributed by atoms with Gasteiger partial charge in [-0.1, -0.05) is 0 Å². The Morgan fingerprint density at radius 1 is 1.54 bits per heavy atom. The molecule has 0 aliphatic carbocycles. The van der Waals surface area contributed by atoms with Gasteiger partial charge < -0.3 is 20.9 Å². The van der Waals surface area contributed by atoms with E-state index < -0.39 is 0 Å². The molecule has 2 rings (SSSR count). The number of ether oxygens (including phenoxy) is 2. The Kier molecular flexibility index (Phi) is 1.77. The van der Waals surface area contributed by atoms with Gasteiger partial charge in [0.2, 0.25) is 0 Å². The fourth-order valence-corrected chi connectivity index (χ4v) is 1.49. The van der Waals surface area contributed by atoms with Crippen LogP contribution in [0.25, 0.3) is 0 Å². The highest BCUT2D eigenvalue weighted by molar-refractivity contribution is 5.59. The van der Waals surface area contributed by atoms with Gasteiger partial charge in [0.1, 0.15) is 6.61 Å². The zero-order chi connectivity index (χ0) is 9.42. The lowest BCUT2D eigenvalue weighted by Crippen LogP contribution is -2.10. The van der Waals surface area contributed by atoms with Crippen LogP contribution in [-0.2, 0) is 0 Å². The van der Waals surface area contributed by atoms with E-state index in [1.165, 1.54) is 0 Å². The van der Waals surface area contributed by atoms with E-state index in [0.717, 1.165) is 11.3 Å². The van der Waals surface area contributed by atoms with Crippen molar-refractivity contribution in [2.24, 2.45) is 5.73 Å². The van der Waals surface area contributed by atoms with E-state index in [2.05, 4.69) is 0 Å².